The van der Waals surface area contributed by atoms with Gasteiger partial charge in [-0.25, -0.2) is 19.8 Å². The molecule has 3 rings (SSSR count). The number of ether oxygens (including phenoxy) is 1. The van der Waals surface area contributed by atoms with Crippen molar-refractivity contribution in [2.75, 3.05) is 27.2 Å². The van der Waals surface area contributed by atoms with Gasteiger partial charge in [0.15, 0.2) is 5.75 Å². The summed E-state index contributed by atoms with van der Waals surface area (Å²) in [4.78, 5) is 69.7. The third kappa shape index (κ3) is 7.63. The van der Waals surface area contributed by atoms with E-state index in [4.69, 9.17) is 27.9 Å². The maximum absolute atomic E-state index is 12.9. The molecule has 2 atom stereocenters. The lowest BCUT2D eigenvalue weighted by molar-refractivity contribution is -0.151. The van der Waals surface area contributed by atoms with Crippen LogP contribution in [0.25, 0.3) is 0 Å². The van der Waals surface area contributed by atoms with Crippen molar-refractivity contribution in [1.29, 1.82) is 0 Å². The van der Waals surface area contributed by atoms with Gasteiger partial charge in [0, 0.05) is 24.9 Å². The number of halogens is 2. The van der Waals surface area contributed by atoms with Crippen molar-refractivity contribution < 1.29 is 33.5 Å². The number of hydrazine groups is 2. The van der Waals surface area contributed by atoms with Crippen molar-refractivity contribution >= 4 is 59.4 Å². The largest absolute Gasteiger partial charge is 0.494 e. The second-order valence-corrected chi connectivity index (χ2v) is 9.06. The van der Waals surface area contributed by atoms with Crippen molar-refractivity contribution in [2.45, 2.75) is 44.7 Å². The van der Waals surface area contributed by atoms with Gasteiger partial charge in [0.05, 0.1) is 29.7 Å². The van der Waals surface area contributed by atoms with Crippen molar-refractivity contribution in [3.8, 4) is 5.75 Å². The van der Waals surface area contributed by atoms with Crippen LogP contribution in [0.4, 0.5) is 4.79 Å². The molecule has 37 heavy (non-hydrogen) atoms. The predicted octanol–water partition coefficient (Wildman–Crippen LogP) is 1.63. The van der Waals surface area contributed by atoms with Gasteiger partial charge in [0.25, 0.3) is 5.91 Å². The zero-order valence-electron chi connectivity index (χ0n) is 20.7. The third-order valence-electron chi connectivity index (χ3n) is 5.61. The molecule has 12 nitrogen and oxygen atoms in total. The number of nitrogens with one attached hydrogen (secondary N) is 2. The Morgan fingerprint density at radius 3 is 2.32 bits per heavy atom. The molecule has 0 aromatic heterocycles. The van der Waals surface area contributed by atoms with E-state index in [1.807, 2.05) is 0 Å². The number of aldehydes is 2. The number of rotatable bonds is 8. The number of carbonyl (C=O) groups excluding carboxylic acids is 6. The summed E-state index contributed by atoms with van der Waals surface area (Å²) in [5.74, 6) is -0.664. The van der Waals surface area contributed by atoms with E-state index in [1.165, 1.54) is 31.2 Å². The van der Waals surface area contributed by atoms with E-state index in [1.54, 1.807) is 7.05 Å². The Morgan fingerprint density at radius 1 is 1.19 bits per heavy atom. The van der Waals surface area contributed by atoms with Crippen LogP contribution in [0.2, 0.25) is 10.0 Å². The lowest BCUT2D eigenvalue weighted by Crippen LogP contribution is -2.61. The first kappa shape index (κ1) is 30.0. The highest BCUT2D eigenvalue weighted by molar-refractivity contribution is 6.37. The molecule has 14 heteroatoms. The van der Waals surface area contributed by atoms with Gasteiger partial charge in [-0.2, -0.15) is 0 Å². The molecule has 0 spiro atoms. The molecule has 2 saturated heterocycles. The lowest BCUT2D eigenvalue weighted by Gasteiger charge is -2.41. The molecule has 0 aliphatic carbocycles. The summed E-state index contributed by atoms with van der Waals surface area (Å²) < 4.78 is 5.05. The van der Waals surface area contributed by atoms with Gasteiger partial charge < -0.3 is 19.6 Å². The smallest absolute Gasteiger partial charge is 0.358 e. The molecule has 1 aromatic rings. The van der Waals surface area contributed by atoms with E-state index in [2.05, 4.69) is 10.7 Å². The van der Waals surface area contributed by atoms with Gasteiger partial charge in [0.2, 0.25) is 5.91 Å². The molecule has 0 bridgehead atoms. The Kier molecular flexibility index (Phi) is 11.3. The fourth-order valence-corrected chi connectivity index (χ4v) is 4.38. The van der Waals surface area contributed by atoms with E-state index < -0.39 is 18.0 Å². The molecule has 2 heterocycles. The molecular weight excluding hydrogens is 529 g/mol. The fraction of sp³-hybridized carbons (Fsp3) is 0.478. The highest BCUT2D eigenvalue weighted by atomic mass is 35.5. The molecule has 0 unspecified atom stereocenters. The highest BCUT2D eigenvalue weighted by Gasteiger charge is 2.41. The highest BCUT2D eigenvalue weighted by Crippen LogP contribution is 2.33. The average Bonchev–Trinajstić information content (AvgIpc) is 2.99. The summed E-state index contributed by atoms with van der Waals surface area (Å²) in [5.41, 5.74) is 2.58. The fourth-order valence-electron chi connectivity index (χ4n) is 3.74. The summed E-state index contributed by atoms with van der Waals surface area (Å²) in [5, 5.41) is 6.38. The summed E-state index contributed by atoms with van der Waals surface area (Å²) in [7, 11) is 3.05. The van der Waals surface area contributed by atoms with Crippen LogP contribution in [0.15, 0.2) is 12.1 Å². The van der Waals surface area contributed by atoms with Crippen LogP contribution in [0.3, 0.4) is 0 Å². The normalized spacial score (nSPS) is 18.1. The number of hydrogen-bond donors (Lipinski definition) is 2. The summed E-state index contributed by atoms with van der Waals surface area (Å²) in [6.07, 6.45) is 2.74. The average molecular weight is 558 g/mol. The van der Waals surface area contributed by atoms with Gasteiger partial charge in [-0.1, -0.05) is 23.2 Å². The molecule has 202 valence electrons. The number of amides is 4. The second kappa shape index (κ2) is 13.9. The first-order chi connectivity index (χ1) is 17.6. The van der Waals surface area contributed by atoms with Crippen LogP contribution in [0.1, 0.15) is 43.0 Å². The summed E-state index contributed by atoms with van der Waals surface area (Å²) >= 11 is 12.1. The number of methoxy groups -OCH3 is 1. The zero-order chi connectivity index (χ0) is 27.7. The number of nitrogens with zero attached hydrogens (tertiary/aromatic N) is 3. The molecule has 2 aliphatic rings. The monoisotopic (exact) mass is 557 g/mol. The molecule has 0 radical (unpaired) electrons. The number of ketones is 1. The molecule has 1 aromatic carbocycles. The Balaban J connectivity index is 0.000000458. The standard InChI is InChI=1S/C17H18Cl2N4O5.C6H11NO2/c1-28-15-12(18)7-10(8-13(15)19)16(26)20-21-6-4-14(25)22-5-2-3-11(9-24)23(22)17(21)27;1-5(9)3-6(4-8)7-2/h7-9,11H,2-6H2,1H3,(H,20,26);4,6-7H,3H2,1-2H3/t11-;6-/m00/s1. The van der Waals surface area contributed by atoms with E-state index >= 15 is 0 Å². The quantitative estimate of drug-likeness (QED) is 0.458. The summed E-state index contributed by atoms with van der Waals surface area (Å²) in [6.45, 7) is 1.79. The second-order valence-electron chi connectivity index (χ2n) is 8.24. The van der Waals surface area contributed by atoms with E-state index in [0.29, 0.717) is 32.1 Å². The molecule has 2 fully saturated rings. The van der Waals surface area contributed by atoms with Crippen LogP contribution < -0.4 is 15.5 Å². The molecule has 4 amide bonds. The molecule has 0 saturated carbocycles. The van der Waals surface area contributed by atoms with Gasteiger partial charge in [-0.05, 0) is 38.9 Å². The minimum atomic E-state index is -0.757. The van der Waals surface area contributed by atoms with Gasteiger partial charge >= 0.3 is 6.03 Å². The number of benzene rings is 1. The van der Waals surface area contributed by atoms with E-state index in [9.17, 15) is 28.8 Å². The van der Waals surface area contributed by atoms with Crippen molar-refractivity contribution in [2.24, 2.45) is 0 Å². The van der Waals surface area contributed by atoms with Crippen molar-refractivity contribution in [3.63, 3.8) is 0 Å². The maximum atomic E-state index is 12.9. The van der Waals surface area contributed by atoms with Crippen molar-refractivity contribution in [1.82, 2.24) is 25.8 Å². The molecular formula is C23H29Cl2N5O7. The van der Waals surface area contributed by atoms with Gasteiger partial charge in [0.1, 0.15) is 24.4 Å². The van der Waals surface area contributed by atoms with Crippen LogP contribution in [-0.4, -0.2) is 90.6 Å². The topological polar surface area (TPSA) is 145 Å². The van der Waals surface area contributed by atoms with Crippen LogP contribution >= 0.6 is 23.2 Å². The Hall–Kier alpha value is -3.22. The van der Waals surface area contributed by atoms with Gasteiger partial charge in [-0.3, -0.25) is 19.8 Å². The van der Waals surface area contributed by atoms with Crippen LogP contribution in [0, 0.1) is 0 Å². The zero-order valence-corrected chi connectivity index (χ0v) is 22.2. The Morgan fingerprint density at radius 2 is 1.84 bits per heavy atom. The lowest BCUT2D eigenvalue weighted by atomic mass is 10.1. The number of carbonyl (C=O) groups is 6. The van der Waals surface area contributed by atoms with Crippen LogP contribution in [-0.2, 0) is 19.2 Å². The van der Waals surface area contributed by atoms with E-state index in [-0.39, 0.29) is 52.1 Å². The number of fused-ring (bicyclic) bond motifs is 1. The first-order valence-corrected chi connectivity index (χ1v) is 12.2. The summed E-state index contributed by atoms with van der Waals surface area (Å²) in [6, 6.07) is 1.00. The third-order valence-corrected chi connectivity index (χ3v) is 6.17. The number of likely N-dealkylation sites (N-methyl/N-ethyl adjacent to an activating group) is 1. The Labute approximate surface area is 224 Å². The number of hydrogen-bond acceptors (Lipinski definition) is 8. The Bertz CT molecular complexity index is 1030. The molecule has 2 N–H and O–H groups in total. The SMILES string of the molecule is CN[C@H](C=O)CC(C)=O.COc1c(Cl)cc(C(=O)NN2CCC(=O)N3CCC[C@@H](C=O)N3C2=O)cc1Cl. The number of Topliss-reactive ketones (excluding diaryl/α,β-unsaturated/α-hetero) is 1. The first-order valence-electron chi connectivity index (χ1n) is 11.4. The van der Waals surface area contributed by atoms with Crippen LogP contribution in [0.5, 0.6) is 5.75 Å². The maximum Gasteiger partial charge on any atom is 0.358 e. The predicted molar refractivity (Wildman–Crippen MR) is 134 cm³/mol. The minimum absolute atomic E-state index is 0.0121. The van der Waals surface area contributed by atoms with E-state index in [0.717, 1.165) is 16.3 Å². The van der Waals surface area contributed by atoms with Gasteiger partial charge in [-0.15, -0.1) is 0 Å². The minimum Gasteiger partial charge on any atom is -0.494 e. The molecule has 2 aliphatic heterocycles. The van der Waals surface area contributed by atoms with Crippen molar-refractivity contribution in [3.05, 3.63) is 27.7 Å². The number of urea groups is 1.